The van der Waals surface area contributed by atoms with Gasteiger partial charge in [-0.15, -0.1) is 0 Å². The van der Waals surface area contributed by atoms with Crippen LogP contribution in [0.2, 0.25) is 0 Å². The molecule has 4 heteroatoms. The lowest BCUT2D eigenvalue weighted by molar-refractivity contribution is 0.0185. The Morgan fingerprint density at radius 1 is 0.893 bits per heavy atom. The molecule has 4 nitrogen and oxygen atoms in total. The predicted molar refractivity (Wildman–Crippen MR) is 114 cm³/mol. The molecule has 0 unspecified atom stereocenters. The topological polar surface area (TPSA) is 69.9 Å². The molecule has 152 valence electrons. The molecular formula is C24H32O4. The van der Waals surface area contributed by atoms with Crippen LogP contribution < -0.4 is 4.74 Å². The van der Waals surface area contributed by atoms with Gasteiger partial charge in [0, 0.05) is 0 Å². The van der Waals surface area contributed by atoms with E-state index in [4.69, 9.17) is 4.74 Å². The Morgan fingerprint density at radius 3 is 2.21 bits per heavy atom. The van der Waals surface area contributed by atoms with E-state index in [-0.39, 0.29) is 13.2 Å². The first kappa shape index (κ1) is 22.2. The van der Waals surface area contributed by atoms with Crippen molar-refractivity contribution in [2.24, 2.45) is 0 Å². The molecule has 0 atom stereocenters. The summed E-state index contributed by atoms with van der Waals surface area (Å²) in [6.07, 6.45) is 7.06. The van der Waals surface area contributed by atoms with Crippen molar-refractivity contribution in [2.45, 2.75) is 58.3 Å². The maximum Gasteiger partial charge on any atom is 0.119 e. The van der Waals surface area contributed by atoms with Gasteiger partial charge in [0.05, 0.1) is 25.4 Å². The number of aliphatic hydroxyl groups excluding tert-OH is 2. The van der Waals surface area contributed by atoms with E-state index in [0.29, 0.717) is 6.61 Å². The third-order valence-corrected chi connectivity index (χ3v) is 5.27. The number of benzene rings is 2. The van der Waals surface area contributed by atoms with Gasteiger partial charge in [0.2, 0.25) is 0 Å². The maximum atomic E-state index is 10.3. The fourth-order valence-electron chi connectivity index (χ4n) is 3.15. The predicted octanol–water partition coefficient (Wildman–Crippen LogP) is 4.55. The Kier molecular flexibility index (Phi) is 8.71. The Hall–Kier alpha value is -2.14. The Morgan fingerprint density at radius 2 is 1.57 bits per heavy atom. The van der Waals surface area contributed by atoms with Crippen molar-refractivity contribution >= 4 is 12.2 Å². The van der Waals surface area contributed by atoms with Crippen molar-refractivity contribution in [3.05, 3.63) is 64.7 Å². The third kappa shape index (κ3) is 6.48. The second-order valence-corrected chi connectivity index (χ2v) is 7.13. The summed E-state index contributed by atoms with van der Waals surface area (Å²) in [5.41, 5.74) is 2.89. The molecule has 0 bridgehead atoms. The highest BCUT2D eigenvalue weighted by molar-refractivity contribution is 5.70. The fraction of sp³-hybridized carbons (Fsp3) is 0.417. The molecule has 0 aromatic heterocycles. The van der Waals surface area contributed by atoms with Crippen molar-refractivity contribution in [3.63, 3.8) is 0 Å². The van der Waals surface area contributed by atoms with Crippen LogP contribution in [-0.4, -0.2) is 27.5 Å². The largest absolute Gasteiger partial charge is 0.494 e. The summed E-state index contributed by atoms with van der Waals surface area (Å²) in [4.78, 5) is 0. The summed E-state index contributed by atoms with van der Waals surface area (Å²) < 4.78 is 5.84. The number of ether oxygens (including phenoxy) is 1. The zero-order chi connectivity index (χ0) is 20.4. The Labute approximate surface area is 168 Å². The average molecular weight is 385 g/mol. The van der Waals surface area contributed by atoms with Crippen LogP contribution in [0.1, 0.15) is 61.8 Å². The van der Waals surface area contributed by atoms with Crippen LogP contribution in [0.4, 0.5) is 0 Å². The molecule has 0 radical (unpaired) electrons. The smallest absolute Gasteiger partial charge is 0.119 e. The third-order valence-electron chi connectivity index (χ3n) is 5.27. The molecule has 0 aliphatic rings. The summed E-state index contributed by atoms with van der Waals surface area (Å²) in [5.74, 6) is 0.811. The maximum absolute atomic E-state index is 10.3. The molecule has 3 N–H and O–H groups in total. The molecule has 0 aliphatic heterocycles. The number of rotatable bonds is 11. The summed E-state index contributed by atoms with van der Waals surface area (Å²) in [6.45, 7) is 4.44. The minimum atomic E-state index is -0.576. The van der Waals surface area contributed by atoms with Crippen LogP contribution >= 0.6 is 0 Å². The van der Waals surface area contributed by atoms with E-state index in [1.54, 1.807) is 0 Å². The van der Waals surface area contributed by atoms with Crippen molar-refractivity contribution < 1.29 is 20.1 Å². The lowest BCUT2D eigenvalue weighted by Gasteiger charge is -2.24. The fourth-order valence-corrected chi connectivity index (χ4v) is 3.15. The minimum Gasteiger partial charge on any atom is -0.494 e. The highest BCUT2D eigenvalue weighted by Crippen LogP contribution is 2.22. The molecule has 2 aromatic carbocycles. The molecule has 0 amide bonds. The van der Waals surface area contributed by atoms with Crippen molar-refractivity contribution in [1.29, 1.82) is 0 Å². The van der Waals surface area contributed by atoms with Crippen molar-refractivity contribution in [1.82, 2.24) is 0 Å². The standard InChI is InChI=1S/C24H32O4/c1-3-24(27,4-2)13-6-14-28-23-8-5-7-19(16-23)9-10-20-11-12-21(17-25)22(15-20)18-26/h5,7-12,15-16,25-27H,3-4,6,13-14,17-18H2,1-2H3/b10-9+. The van der Waals surface area contributed by atoms with E-state index < -0.39 is 5.60 Å². The number of hydrogen-bond acceptors (Lipinski definition) is 4. The average Bonchev–Trinajstić information content (AvgIpc) is 2.75. The second kappa shape index (κ2) is 11.0. The summed E-state index contributed by atoms with van der Waals surface area (Å²) >= 11 is 0. The van der Waals surface area contributed by atoms with E-state index >= 15 is 0 Å². The monoisotopic (exact) mass is 384 g/mol. The molecule has 0 saturated carbocycles. The first-order valence-electron chi connectivity index (χ1n) is 10.0. The molecule has 2 rings (SSSR count). The second-order valence-electron chi connectivity index (χ2n) is 7.13. The number of hydrogen-bond donors (Lipinski definition) is 3. The van der Waals surface area contributed by atoms with Gasteiger partial charge in [0.25, 0.3) is 0 Å². The van der Waals surface area contributed by atoms with Gasteiger partial charge >= 0.3 is 0 Å². The molecular weight excluding hydrogens is 352 g/mol. The molecule has 0 heterocycles. The molecule has 0 spiro atoms. The van der Waals surface area contributed by atoms with Crippen LogP contribution in [0.25, 0.3) is 12.2 Å². The van der Waals surface area contributed by atoms with E-state index in [1.807, 2.05) is 68.5 Å². The SMILES string of the molecule is CCC(O)(CC)CCCOc1cccc(/C=C/c2ccc(CO)c(CO)c2)c1. The lowest BCUT2D eigenvalue weighted by atomic mass is 9.92. The molecule has 0 aliphatic carbocycles. The molecule has 0 saturated heterocycles. The van der Waals surface area contributed by atoms with Crippen molar-refractivity contribution in [2.75, 3.05) is 6.61 Å². The van der Waals surface area contributed by atoms with Gasteiger partial charge in [0.15, 0.2) is 0 Å². The zero-order valence-corrected chi connectivity index (χ0v) is 16.9. The highest BCUT2D eigenvalue weighted by atomic mass is 16.5. The summed E-state index contributed by atoms with van der Waals surface area (Å²) in [7, 11) is 0. The van der Waals surface area contributed by atoms with Crippen LogP contribution in [0, 0.1) is 0 Å². The van der Waals surface area contributed by atoms with Gasteiger partial charge in [-0.05, 0) is 66.1 Å². The summed E-state index contributed by atoms with van der Waals surface area (Å²) in [6, 6.07) is 13.5. The Bertz CT molecular complexity index is 763. The van der Waals surface area contributed by atoms with Crippen LogP contribution in [0.15, 0.2) is 42.5 Å². The first-order chi connectivity index (χ1) is 13.5. The highest BCUT2D eigenvalue weighted by Gasteiger charge is 2.21. The number of aliphatic hydroxyl groups is 3. The Balaban J connectivity index is 1.95. The van der Waals surface area contributed by atoms with Crippen LogP contribution in [0.3, 0.4) is 0 Å². The molecule has 2 aromatic rings. The van der Waals surface area contributed by atoms with Gasteiger partial charge in [-0.3, -0.25) is 0 Å². The van der Waals surface area contributed by atoms with E-state index in [1.165, 1.54) is 0 Å². The first-order valence-corrected chi connectivity index (χ1v) is 10.0. The van der Waals surface area contributed by atoms with E-state index in [9.17, 15) is 15.3 Å². The van der Waals surface area contributed by atoms with E-state index in [0.717, 1.165) is 53.7 Å². The molecule has 28 heavy (non-hydrogen) atoms. The van der Waals surface area contributed by atoms with E-state index in [2.05, 4.69) is 0 Å². The summed E-state index contributed by atoms with van der Waals surface area (Å²) in [5, 5.41) is 29.0. The van der Waals surface area contributed by atoms with Gasteiger partial charge in [-0.2, -0.15) is 0 Å². The minimum absolute atomic E-state index is 0.0762. The van der Waals surface area contributed by atoms with Gasteiger partial charge in [0.1, 0.15) is 5.75 Å². The lowest BCUT2D eigenvalue weighted by Crippen LogP contribution is -2.26. The van der Waals surface area contributed by atoms with Crippen LogP contribution in [0.5, 0.6) is 5.75 Å². The van der Waals surface area contributed by atoms with Gasteiger partial charge < -0.3 is 20.1 Å². The zero-order valence-electron chi connectivity index (χ0n) is 16.9. The van der Waals surface area contributed by atoms with Crippen molar-refractivity contribution in [3.8, 4) is 5.75 Å². The van der Waals surface area contributed by atoms with Gasteiger partial charge in [-0.1, -0.05) is 50.3 Å². The quantitative estimate of drug-likeness (QED) is 0.393. The van der Waals surface area contributed by atoms with Crippen LogP contribution in [-0.2, 0) is 13.2 Å². The van der Waals surface area contributed by atoms with Gasteiger partial charge in [-0.25, -0.2) is 0 Å². The normalized spacial score (nSPS) is 11.9. The molecule has 0 fully saturated rings.